The van der Waals surface area contributed by atoms with Crippen molar-refractivity contribution in [3.05, 3.63) is 34.3 Å². The first-order valence-electron chi connectivity index (χ1n) is 7.41. The minimum atomic E-state index is -0.00810. The van der Waals surface area contributed by atoms with Gasteiger partial charge >= 0.3 is 0 Å². The third-order valence-corrected chi connectivity index (χ3v) is 4.33. The van der Waals surface area contributed by atoms with Gasteiger partial charge in [-0.3, -0.25) is 14.5 Å². The molecule has 0 bridgehead atoms. The fourth-order valence-electron chi connectivity index (χ4n) is 2.12. The molecule has 1 aliphatic carbocycles. The number of benzene rings is 1. The molecule has 0 atom stereocenters. The van der Waals surface area contributed by atoms with Crippen LogP contribution in [0.5, 0.6) is 0 Å². The maximum atomic E-state index is 12.2. The Morgan fingerprint density at radius 2 is 1.91 bits per heavy atom. The predicted octanol–water partition coefficient (Wildman–Crippen LogP) is 1.62. The van der Waals surface area contributed by atoms with Gasteiger partial charge in [-0.25, -0.2) is 0 Å². The highest BCUT2D eigenvalue weighted by Gasteiger charge is 2.24. The van der Waals surface area contributed by atoms with Crippen molar-refractivity contribution in [2.75, 3.05) is 27.2 Å². The average Bonchev–Trinajstić information content (AvgIpc) is 3.24. The summed E-state index contributed by atoms with van der Waals surface area (Å²) >= 11 is 3.48. The molecule has 2 rings (SSSR count). The van der Waals surface area contributed by atoms with E-state index in [1.807, 2.05) is 24.3 Å². The maximum Gasteiger partial charge on any atom is 0.236 e. The molecule has 0 radical (unpaired) electrons. The van der Waals surface area contributed by atoms with Crippen LogP contribution in [0.1, 0.15) is 18.4 Å². The molecule has 1 aromatic carbocycles. The van der Waals surface area contributed by atoms with Crippen LogP contribution in [0.2, 0.25) is 0 Å². The number of carbonyl (C=O) groups is 2. The lowest BCUT2D eigenvalue weighted by atomic mass is 10.2. The number of carbonyl (C=O) groups excluding carboxylic acids is 2. The van der Waals surface area contributed by atoms with E-state index in [0.717, 1.165) is 22.9 Å². The van der Waals surface area contributed by atoms with E-state index in [4.69, 9.17) is 0 Å². The summed E-state index contributed by atoms with van der Waals surface area (Å²) in [5, 5.41) is 2.92. The van der Waals surface area contributed by atoms with E-state index >= 15 is 0 Å². The second kappa shape index (κ2) is 7.74. The molecule has 120 valence electrons. The number of rotatable bonds is 7. The topological polar surface area (TPSA) is 52.7 Å². The van der Waals surface area contributed by atoms with Crippen LogP contribution in [0, 0.1) is 0 Å². The van der Waals surface area contributed by atoms with Gasteiger partial charge in [0.1, 0.15) is 0 Å². The molecule has 0 heterocycles. The van der Waals surface area contributed by atoms with Crippen LogP contribution < -0.4 is 5.32 Å². The average molecular weight is 368 g/mol. The number of amides is 2. The summed E-state index contributed by atoms with van der Waals surface area (Å²) in [4.78, 5) is 27.4. The number of halogens is 1. The van der Waals surface area contributed by atoms with Gasteiger partial charge in [-0.05, 0) is 31.5 Å². The van der Waals surface area contributed by atoms with Gasteiger partial charge in [-0.1, -0.05) is 34.1 Å². The van der Waals surface area contributed by atoms with Gasteiger partial charge in [0.2, 0.25) is 11.8 Å². The lowest BCUT2D eigenvalue weighted by Crippen LogP contribution is -2.41. The van der Waals surface area contributed by atoms with Gasteiger partial charge in [-0.2, -0.15) is 0 Å². The van der Waals surface area contributed by atoms with Crippen LogP contribution in [-0.4, -0.2) is 54.8 Å². The SMILES string of the molecule is CN(CC(=O)NC1CC1)CC(=O)N(C)Cc1ccccc1Br. The third-order valence-electron chi connectivity index (χ3n) is 3.55. The van der Waals surface area contributed by atoms with E-state index in [9.17, 15) is 9.59 Å². The molecule has 0 unspecified atom stereocenters. The van der Waals surface area contributed by atoms with E-state index < -0.39 is 0 Å². The molecule has 1 fully saturated rings. The van der Waals surface area contributed by atoms with Gasteiger partial charge in [-0.15, -0.1) is 0 Å². The van der Waals surface area contributed by atoms with Crippen molar-refractivity contribution in [2.45, 2.75) is 25.4 Å². The second-order valence-corrected chi connectivity index (χ2v) is 6.71. The van der Waals surface area contributed by atoms with Crippen LogP contribution in [0.15, 0.2) is 28.7 Å². The Kier molecular flexibility index (Phi) is 5.97. The Balaban J connectivity index is 1.77. The second-order valence-electron chi connectivity index (χ2n) is 5.86. The lowest BCUT2D eigenvalue weighted by molar-refractivity contribution is -0.132. The first-order chi connectivity index (χ1) is 10.5. The van der Waals surface area contributed by atoms with Crippen molar-refractivity contribution in [1.82, 2.24) is 15.1 Å². The molecule has 0 spiro atoms. The quantitative estimate of drug-likeness (QED) is 0.796. The first-order valence-corrected chi connectivity index (χ1v) is 8.20. The van der Waals surface area contributed by atoms with Crippen LogP contribution in [0.4, 0.5) is 0 Å². The fourth-order valence-corrected chi connectivity index (χ4v) is 2.53. The smallest absolute Gasteiger partial charge is 0.236 e. The molecule has 1 aromatic rings. The summed E-state index contributed by atoms with van der Waals surface area (Å²) < 4.78 is 0.992. The van der Waals surface area contributed by atoms with E-state index in [1.54, 1.807) is 23.9 Å². The predicted molar refractivity (Wildman–Crippen MR) is 89.3 cm³/mol. The van der Waals surface area contributed by atoms with E-state index in [-0.39, 0.29) is 24.9 Å². The Bertz CT molecular complexity index is 546. The molecule has 0 saturated heterocycles. The highest BCUT2D eigenvalue weighted by molar-refractivity contribution is 9.10. The Morgan fingerprint density at radius 1 is 1.23 bits per heavy atom. The van der Waals surface area contributed by atoms with Crippen LogP contribution in [0.25, 0.3) is 0 Å². The molecule has 1 saturated carbocycles. The summed E-state index contributed by atoms with van der Waals surface area (Å²) in [7, 11) is 3.57. The van der Waals surface area contributed by atoms with Gasteiger partial charge in [0, 0.05) is 24.1 Å². The minimum absolute atomic E-state index is 0.00234. The molecule has 5 nitrogen and oxygen atoms in total. The monoisotopic (exact) mass is 367 g/mol. The molecule has 22 heavy (non-hydrogen) atoms. The molecule has 0 aliphatic heterocycles. The minimum Gasteiger partial charge on any atom is -0.352 e. The maximum absolute atomic E-state index is 12.2. The van der Waals surface area contributed by atoms with Crippen molar-refractivity contribution in [3.8, 4) is 0 Å². The number of nitrogens with one attached hydrogen (secondary N) is 1. The molecule has 2 amide bonds. The third kappa shape index (κ3) is 5.42. The zero-order valence-electron chi connectivity index (χ0n) is 13.0. The number of hydrogen-bond acceptors (Lipinski definition) is 3. The highest BCUT2D eigenvalue weighted by Crippen LogP contribution is 2.18. The molecular weight excluding hydrogens is 346 g/mol. The molecule has 6 heteroatoms. The van der Waals surface area contributed by atoms with Crippen molar-refractivity contribution >= 4 is 27.7 Å². The summed E-state index contributed by atoms with van der Waals surface area (Å²) in [6.07, 6.45) is 2.14. The van der Waals surface area contributed by atoms with Crippen molar-refractivity contribution in [3.63, 3.8) is 0 Å². The number of nitrogens with zero attached hydrogens (tertiary/aromatic N) is 2. The van der Waals surface area contributed by atoms with Crippen molar-refractivity contribution in [2.24, 2.45) is 0 Å². The summed E-state index contributed by atoms with van der Waals surface area (Å²) in [5.74, 6) is -0.0104. The Hall–Kier alpha value is -1.40. The largest absolute Gasteiger partial charge is 0.352 e. The van der Waals surface area contributed by atoms with Crippen molar-refractivity contribution < 1.29 is 9.59 Å². The van der Waals surface area contributed by atoms with Gasteiger partial charge < -0.3 is 10.2 Å². The Morgan fingerprint density at radius 3 is 2.55 bits per heavy atom. The molecule has 0 aromatic heterocycles. The van der Waals surface area contributed by atoms with Gasteiger partial charge in [0.05, 0.1) is 13.1 Å². The zero-order valence-corrected chi connectivity index (χ0v) is 14.6. The fraction of sp³-hybridized carbons (Fsp3) is 0.500. The standard InChI is InChI=1S/C16H22BrN3O2/c1-19(10-15(21)18-13-7-8-13)11-16(22)20(2)9-12-5-3-4-6-14(12)17/h3-6,13H,7-11H2,1-2H3,(H,18,21). The molecular formula is C16H22BrN3O2. The van der Waals surface area contributed by atoms with Gasteiger partial charge in [0.15, 0.2) is 0 Å². The number of likely N-dealkylation sites (N-methyl/N-ethyl adjacent to an activating group) is 2. The molecule has 1 aliphatic rings. The normalized spacial score (nSPS) is 14.0. The first kappa shape index (κ1) is 17.0. The van der Waals surface area contributed by atoms with Gasteiger partial charge in [0.25, 0.3) is 0 Å². The Labute approximate surface area is 139 Å². The lowest BCUT2D eigenvalue weighted by Gasteiger charge is -2.22. The summed E-state index contributed by atoms with van der Waals surface area (Å²) in [6, 6.07) is 8.20. The van der Waals surface area contributed by atoms with E-state index in [1.165, 1.54) is 0 Å². The summed E-state index contributed by atoms with van der Waals surface area (Å²) in [6.45, 7) is 1.03. The highest BCUT2D eigenvalue weighted by atomic mass is 79.9. The molecule has 1 N–H and O–H groups in total. The van der Waals surface area contributed by atoms with Crippen LogP contribution >= 0.6 is 15.9 Å². The van der Waals surface area contributed by atoms with E-state index in [2.05, 4.69) is 21.2 Å². The summed E-state index contributed by atoms with van der Waals surface area (Å²) in [5.41, 5.74) is 1.06. The van der Waals surface area contributed by atoms with Crippen molar-refractivity contribution in [1.29, 1.82) is 0 Å². The number of hydrogen-bond donors (Lipinski definition) is 1. The van der Waals surface area contributed by atoms with Crippen LogP contribution in [0.3, 0.4) is 0 Å². The zero-order chi connectivity index (χ0) is 16.1. The van der Waals surface area contributed by atoms with Crippen LogP contribution in [-0.2, 0) is 16.1 Å². The van der Waals surface area contributed by atoms with E-state index in [0.29, 0.717) is 12.6 Å².